The topological polar surface area (TPSA) is 89.7 Å². The number of aromatic amines is 1. The molecule has 0 radical (unpaired) electrons. The first-order valence-electron chi connectivity index (χ1n) is 5.97. The summed E-state index contributed by atoms with van der Waals surface area (Å²) < 4.78 is 10.5. The Kier molecular flexibility index (Phi) is 2.96. The number of hydrogen-bond acceptors (Lipinski definition) is 6. The van der Waals surface area contributed by atoms with E-state index in [0.717, 1.165) is 16.6 Å². The van der Waals surface area contributed by atoms with Gasteiger partial charge in [-0.1, -0.05) is 5.16 Å². The molecule has 1 N–H and O–H groups in total. The lowest BCUT2D eigenvalue weighted by molar-refractivity contribution is 0.0485. The minimum Gasteiger partial charge on any atom is -0.369 e. The lowest BCUT2D eigenvalue weighted by Crippen LogP contribution is -2.02. The third-order valence-corrected chi connectivity index (χ3v) is 2.58. The fourth-order valence-corrected chi connectivity index (χ4v) is 1.65. The number of nitrogens with zero attached hydrogens (tertiary/aromatic N) is 4. The summed E-state index contributed by atoms with van der Waals surface area (Å²) in [6.07, 6.45) is 0.127. The van der Waals surface area contributed by atoms with Gasteiger partial charge in [0.05, 0.1) is 6.10 Å². The molecule has 0 aliphatic rings. The molecule has 3 rings (SSSR count). The summed E-state index contributed by atoms with van der Waals surface area (Å²) in [5, 5.41) is 14.5. The molecule has 2 aromatic heterocycles. The quantitative estimate of drug-likeness (QED) is 0.770. The molecule has 0 spiro atoms. The number of hydrogen-bond donors (Lipinski definition) is 1. The van der Waals surface area contributed by atoms with E-state index in [1.165, 1.54) is 0 Å². The van der Waals surface area contributed by atoms with Crippen molar-refractivity contribution in [3.8, 4) is 11.4 Å². The van der Waals surface area contributed by atoms with Crippen LogP contribution in [0.5, 0.6) is 0 Å². The van der Waals surface area contributed by atoms with Crippen LogP contribution >= 0.6 is 0 Å². The zero-order valence-corrected chi connectivity index (χ0v) is 10.6. The third kappa shape index (κ3) is 2.45. The highest BCUT2D eigenvalue weighted by Gasteiger charge is 2.10. The van der Waals surface area contributed by atoms with Crippen LogP contribution in [0, 0.1) is 0 Å². The molecular formula is C12H13N5O2. The number of fused-ring (bicyclic) bond motifs is 1. The number of H-pyrrole nitrogens is 1. The average molecular weight is 259 g/mol. The van der Waals surface area contributed by atoms with Crippen LogP contribution in [-0.2, 0) is 11.3 Å². The molecule has 0 amide bonds. The highest BCUT2D eigenvalue weighted by atomic mass is 16.5. The van der Waals surface area contributed by atoms with Crippen LogP contribution in [0.15, 0.2) is 22.7 Å². The van der Waals surface area contributed by atoms with E-state index >= 15 is 0 Å². The van der Waals surface area contributed by atoms with E-state index in [0.29, 0.717) is 18.3 Å². The van der Waals surface area contributed by atoms with E-state index in [1.807, 2.05) is 32.0 Å². The van der Waals surface area contributed by atoms with E-state index in [-0.39, 0.29) is 6.10 Å². The van der Waals surface area contributed by atoms with Crippen LogP contribution in [0.4, 0.5) is 0 Å². The Morgan fingerprint density at radius 1 is 1.26 bits per heavy atom. The van der Waals surface area contributed by atoms with Crippen molar-refractivity contribution in [1.82, 2.24) is 25.6 Å². The summed E-state index contributed by atoms with van der Waals surface area (Å²) in [5.74, 6) is 0.983. The molecule has 19 heavy (non-hydrogen) atoms. The lowest BCUT2D eigenvalue weighted by atomic mass is 10.2. The van der Waals surface area contributed by atoms with E-state index in [4.69, 9.17) is 9.26 Å². The van der Waals surface area contributed by atoms with Crippen molar-refractivity contribution in [3.63, 3.8) is 0 Å². The van der Waals surface area contributed by atoms with Crippen molar-refractivity contribution in [2.24, 2.45) is 0 Å². The maximum atomic E-state index is 5.41. The predicted octanol–water partition coefficient (Wildman–Crippen LogP) is 1.93. The second-order valence-electron chi connectivity index (χ2n) is 4.40. The minimum absolute atomic E-state index is 0.127. The molecular weight excluding hydrogens is 246 g/mol. The molecule has 0 atom stereocenters. The van der Waals surface area contributed by atoms with Gasteiger partial charge in [-0.2, -0.15) is 20.4 Å². The number of nitrogens with one attached hydrogen (secondary N) is 1. The summed E-state index contributed by atoms with van der Waals surface area (Å²) >= 11 is 0. The molecule has 0 saturated heterocycles. The molecule has 7 heteroatoms. The zero-order chi connectivity index (χ0) is 13.2. The predicted molar refractivity (Wildman–Crippen MR) is 67.1 cm³/mol. The van der Waals surface area contributed by atoms with E-state index in [2.05, 4.69) is 25.6 Å². The van der Waals surface area contributed by atoms with Crippen molar-refractivity contribution in [2.45, 2.75) is 26.6 Å². The third-order valence-electron chi connectivity index (χ3n) is 2.58. The van der Waals surface area contributed by atoms with Gasteiger partial charge in [-0.15, -0.1) is 0 Å². The molecule has 98 valence electrons. The van der Waals surface area contributed by atoms with Gasteiger partial charge in [-0.05, 0) is 32.0 Å². The van der Waals surface area contributed by atoms with Crippen LogP contribution in [-0.4, -0.2) is 31.7 Å². The number of benzene rings is 1. The maximum absolute atomic E-state index is 5.41. The van der Waals surface area contributed by atoms with E-state index in [1.54, 1.807) is 0 Å². The Morgan fingerprint density at radius 3 is 2.95 bits per heavy atom. The van der Waals surface area contributed by atoms with Crippen LogP contribution in [0.2, 0.25) is 0 Å². The Hall–Kier alpha value is -2.28. The SMILES string of the molecule is CC(C)OCc1nc(-c2ccc3n[nH]nc3c2)no1. The average Bonchev–Trinajstić information content (AvgIpc) is 3.04. The van der Waals surface area contributed by atoms with Gasteiger partial charge in [0, 0.05) is 5.56 Å². The van der Waals surface area contributed by atoms with Crippen molar-refractivity contribution >= 4 is 11.0 Å². The molecule has 0 fully saturated rings. The second kappa shape index (κ2) is 4.77. The minimum atomic E-state index is 0.127. The lowest BCUT2D eigenvalue weighted by Gasteiger charge is -2.02. The van der Waals surface area contributed by atoms with Gasteiger partial charge in [-0.3, -0.25) is 0 Å². The van der Waals surface area contributed by atoms with Gasteiger partial charge in [0.25, 0.3) is 5.89 Å². The first-order chi connectivity index (χ1) is 9.22. The molecule has 0 saturated carbocycles. The van der Waals surface area contributed by atoms with Crippen molar-refractivity contribution < 1.29 is 9.26 Å². The molecule has 2 heterocycles. The van der Waals surface area contributed by atoms with E-state index < -0.39 is 0 Å². The van der Waals surface area contributed by atoms with Crippen molar-refractivity contribution in [1.29, 1.82) is 0 Å². The molecule has 3 aromatic rings. The maximum Gasteiger partial charge on any atom is 0.252 e. The first kappa shape index (κ1) is 11.8. The summed E-state index contributed by atoms with van der Waals surface area (Å²) in [5.41, 5.74) is 2.40. The Labute approximate surface area is 109 Å². The number of ether oxygens (including phenoxy) is 1. The highest BCUT2D eigenvalue weighted by molar-refractivity contribution is 5.79. The molecule has 0 aliphatic carbocycles. The van der Waals surface area contributed by atoms with Gasteiger partial charge in [0.15, 0.2) is 0 Å². The largest absolute Gasteiger partial charge is 0.369 e. The van der Waals surface area contributed by atoms with Gasteiger partial charge in [-0.25, -0.2) is 0 Å². The molecule has 0 bridgehead atoms. The number of aromatic nitrogens is 5. The van der Waals surface area contributed by atoms with Gasteiger partial charge in [0.2, 0.25) is 5.82 Å². The first-order valence-corrected chi connectivity index (χ1v) is 5.97. The normalized spacial score (nSPS) is 11.5. The Morgan fingerprint density at radius 2 is 2.11 bits per heavy atom. The van der Waals surface area contributed by atoms with Gasteiger partial charge in [0.1, 0.15) is 17.6 Å². The van der Waals surface area contributed by atoms with Crippen molar-refractivity contribution in [2.75, 3.05) is 0 Å². The summed E-state index contributed by atoms with van der Waals surface area (Å²) in [6, 6.07) is 5.59. The zero-order valence-electron chi connectivity index (χ0n) is 10.6. The molecule has 0 unspecified atom stereocenters. The Bertz CT molecular complexity index is 688. The molecule has 1 aromatic carbocycles. The van der Waals surface area contributed by atoms with Crippen LogP contribution in [0.25, 0.3) is 22.4 Å². The molecule has 0 aliphatic heterocycles. The summed E-state index contributed by atoms with van der Waals surface area (Å²) in [7, 11) is 0. The smallest absolute Gasteiger partial charge is 0.252 e. The molecule has 7 nitrogen and oxygen atoms in total. The van der Waals surface area contributed by atoms with Crippen LogP contribution in [0.3, 0.4) is 0 Å². The van der Waals surface area contributed by atoms with Crippen molar-refractivity contribution in [3.05, 3.63) is 24.1 Å². The summed E-state index contributed by atoms with van der Waals surface area (Å²) in [6.45, 7) is 4.22. The van der Waals surface area contributed by atoms with E-state index in [9.17, 15) is 0 Å². The number of rotatable bonds is 4. The van der Waals surface area contributed by atoms with Crippen LogP contribution in [0.1, 0.15) is 19.7 Å². The summed E-state index contributed by atoms with van der Waals surface area (Å²) in [4.78, 5) is 4.28. The Balaban J connectivity index is 1.85. The monoisotopic (exact) mass is 259 g/mol. The highest BCUT2D eigenvalue weighted by Crippen LogP contribution is 2.20. The van der Waals surface area contributed by atoms with Gasteiger partial charge >= 0.3 is 0 Å². The second-order valence-corrected chi connectivity index (χ2v) is 4.40. The fourth-order valence-electron chi connectivity index (χ4n) is 1.65. The standard InChI is InChI=1S/C12H13N5O2/c1-7(2)18-6-11-13-12(16-19-11)8-3-4-9-10(5-8)15-17-14-9/h3-5,7H,6H2,1-2H3,(H,14,15,17). The fraction of sp³-hybridized carbons (Fsp3) is 0.333. The van der Waals surface area contributed by atoms with Crippen LogP contribution < -0.4 is 0 Å². The van der Waals surface area contributed by atoms with Gasteiger partial charge < -0.3 is 9.26 Å².